The van der Waals surface area contributed by atoms with Crippen molar-refractivity contribution in [3.63, 3.8) is 0 Å². The van der Waals surface area contributed by atoms with E-state index in [1.54, 1.807) is 45.2 Å². The van der Waals surface area contributed by atoms with Gasteiger partial charge in [0.05, 0.1) is 7.11 Å². The molecule has 0 aliphatic heterocycles. The highest BCUT2D eigenvalue weighted by molar-refractivity contribution is 6.09. The fourth-order valence-corrected chi connectivity index (χ4v) is 2.48. The Kier molecular flexibility index (Phi) is 6.76. The molecule has 0 spiro atoms. The number of ether oxygens (including phenoxy) is 1. The molecule has 7 heteroatoms. The smallest absolute Gasteiger partial charge is 0.239 e. The number of rotatable bonds is 7. The highest BCUT2D eigenvalue weighted by Crippen LogP contribution is 2.22. The summed E-state index contributed by atoms with van der Waals surface area (Å²) in [4.78, 5) is 36.2. The van der Waals surface area contributed by atoms with E-state index < -0.39 is 17.2 Å². The molecule has 7 nitrogen and oxygen atoms in total. The standard InChI is InChI=1S/C21H25N3O4/c1-14(25)23-16-9-11-17(12-10-16)24-20(27)21(2,3)19(26)22-13-15-7-5-6-8-18(15)28-4/h5-12H,13H2,1-4H3,(H,22,26)(H,23,25)(H,24,27). The van der Waals surface area contributed by atoms with Gasteiger partial charge in [0.15, 0.2) is 0 Å². The molecular formula is C21H25N3O4. The van der Waals surface area contributed by atoms with Crippen LogP contribution in [0.25, 0.3) is 0 Å². The number of benzene rings is 2. The van der Waals surface area contributed by atoms with E-state index in [9.17, 15) is 14.4 Å². The molecule has 2 aromatic carbocycles. The van der Waals surface area contributed by atoms with Crippen LogP contribution in [0.1, 0.15) is 26.3 Å². The van der Waals surface area contributed by atoms with Crippen LogP contribution >= 0.6 is 0 Å². The van der Waals surface area contributed by atoms with Gasteiger partial charge in [0.1, 0.15) is 11.2 Å². The molecule has 0 aliphatic carbocycles. The van der Waals surface area contributed by atoms with E-state index in [0.29, 0.717) is 17.1 Å². The van der Waals surface area contributed by atoms with E-state index in [-0.39, 0.29) is 12.5 Å². The van der Waals surface area contributed by atoms with Crippen LogP contribution in [0.4, 0.5) is 11.4 Å². The number of carbonyl (C=O) groups is 3. The number of nitrogens with one attached hydrogen (secondary N) is 3. The molecule has 0 atom stereocenters. The zero-order valence-electron chi connectivity index (χ0n) is 16.5. The molecule has 2 aromatic rings. The average Bonchev–Trinajstić information content (AvgIpc) is 2.67. The molecule has 0 aromatic heterocycles. The van der Waals surface area contributed by atoms with Gasteiger partial charge in [-0.1, -0.05) is 18.2 Å². The van der Waals surface area contributed by atoms with Crippen molar-refractivity contribution >= 4 is 29.1 Å². The number of amides is 3. The fraction of sp³-hybridized carbons (Fsp3) is 0.286. The fourth-order valence-electron chi connectivity index (χ4n) is 2.48. The van der Waals surface area contributed by atoms with Gasteiger partial charge in [-0.05, 0) is 44.2 Å². The van der Waals surface area contributed by atoms with E-state index in [1.165, 1.54) is 6.92 Å². The molecule has 3 amide bonds. The summed E-state index contributed by atoms with van der Waals surface area (Å²) in [7, 11) is 1.56. The van der Waals surface area contributed by atoms with Gasteiger partial charge in [0, 0.05) is 30.4 Å². The Bertz CT molecular complexity index is 860. The van der Waals surface area contributed by atoms with Gasteiger partial charge in [-0.15, -0.1) is 0 Å². The predicted octanol–water partition coefficient (Wildman–Crippen LogP) is 2.93. The van der Waals surface area contributed by atoms with Crippen molar-refractivity contribution in [3.05, 3.63) is 54.1 Å². The molecular weight excluding hydrogens is 358 g/mol. The van der Waals surface area contributed by atoms with Crippen LogP contribution in [-0.2, 0) is 20.9 Å². The Morgan fingerprint density at radius 2 is 1.46 bits per heavy atom. The second-order valence-electron chi connectivity index (χ2n) is 6.83. The van der Waals surface area contributed by atoms with Gasteiger partial charge in [-0.25, -0.2) is 0 Å². The first-order valence-electron chi connectivity index (χ1n) is 8.83. The summed E-state index contributed by atoms with van der Waals surface area (Å²) in [5.74, 6) is -0.336. The van der Waals surface area contributed by atoms with Crippen LogP contribution in [0.2, 0.25) is 0 Å². The van der Waals surface area contributed by atoms with Gasteiger partial charge in [-0.3, -0.25) is 14.4 Å². The Hall–Kier alpha value is -3.35. The summed E-state index contributed by atoms with van der Waals surface area (Å²) in [5.41, 5.74) is 0.699. The van der Waals surface area contributed by atoms with E-state index in [1.807, 2.05) is 24.3 Å². The van der Waals surface area contributed by atoms with Crippen LogP contribution in [0.5, 0.6) is 5.75 Å². The number of methoxy groups -OCH3 is 1. The summed E-state index contributed by atoms with van der Waals surface area (Å²) in [6, 6.07) is 14.0. The number of hydrogen-bond donors (Lipinski definition) is 3. The van der Waals surface area contributed by atoms with Crippen molar-refractivity contribution in [2.24, 2.45) is 5.41 Å². The lowest BCUT2D eigenvalue weighted by Crippen LogP contribution is -2.44. The Balaban J connectivity index is 1.99. The van der Waals surface area contributed by atoms with Crippen molar-refractivity contribution in [3.8, 4) is 5.75 Å². The lowest BCUT2D eigenvalue weighted by Gasteiger charge is -2.23. The molecule has 0 heterocycles. The van der Waals surface area contributed by atoms with E-state index in [0.717, 1.165) is 5.56 Å². The van der Waals surface area contributed by atoms with Crippen molar-refractivity contribution in [1.82, 2.24) is 5.32 Å². The lowest BCUT2D eigenvalue weighted by atomic mass is 9.90. The first-order valence-corrected chi connectivity index (χ1v) is 8.83. The molecule has 0 unspecified atom stereocenters. The van der Waals surface area contributed by atoms with Gasteiger partial charge >= 0.3 is 0 Å². The largest absolute Gasteiger partial charge is 0.496 e. The molecule has 0 saturated heterocycles. The third-order valence-corrected chi connectivity index (χ3v) is 4.23. The second-order valence-corrected chi connectivity index (χ2v) is 6.83. The third-order valence-electron chi connectivity index (χ3n) is 4.23. The normalized spacial score (nSPS) is 10.7. The van der Waals surface area contributed by atoms with Crippen LogP contribution in [0.3, 0.4) is 0 Å². The zero-order chi connectivity index (χ0) is 20.7. The maximum atomic E-state index is 12.6. The van der Waals surface area contributed by atoms with Crippen molar-refractivity contribution in [2.75, 3.05) is 17.7 Å². The highest BCUT2D eigenvalue weighted by atomic mass is 16.5. The monoisotopic (exact) mass is 383 g/mol. The second kappa shape index (κ2) is 9.03. The number of hydrogen-bond acceptors (Lipinski definition) is 4. The van der Waals surface area contributed by atoms with Gasteiger partial charge in [0.25, 0.3) is 0 Å². The summed E-state index contributed by atoms with van der Waals surface area (Å²) in [6.07, 6.45) is 0. The molecule has 28 heavy (non-hydrogen) atoms. The maximum absolute atomic E-state index is 12.6. The van der Waals surface area contributed by atoms with Crippen molar-refractivity contribution in [1.29, 1.82) is 0 Å². The van der Waals surface area contributed by atoms with E-state index >= 15 is 0 Å². The summed E-state index contributed by atoms with van der Waals surface area (Å²) in [6.45, 7) is 4.80. The maximum Gasteiger partial charge on any atom is 0.239 e. The molecule has 0 fully saturated rings. The Morgan fingerprint density at radius 1 is 0.893 bits per heavy atom. The first kappa shape index (κ1) is 21.0. The number of anilines is 2. The molecule has 0 radical (unpaired) electrons. The van der Waals surface area contributed by atoms with Crippen molar-refractivity contribution in [2.45, 2.75) is 27.3 Å². The van der Waals surface area contributed by atoms with Gasteiger partial charge < -0.3 is 20.7 Å². The quantitative estimate of drug-likeness (QED) is 0.641. The number of para-hydroxylation sites is 1. The Labute approximate surface area is 164 Å². The SMILES string of the molecule is COc1ccccc1CNC(=O)C(C)(C)C(=O)Nc1ccc(NC(C)=O)cc1. The van der Waals surface area contributed by atoms with Crippen LogP contribution in [0.15, 0.2) is 48.5 Å². The molecule has 0 bridgehead atoms. The summed E-state index contributed by atoms with van der Waals surface area (Å²) in [5, 5.41) is 8.16. The van der Waals surface area contributed by atoms with Gasteiger partial charge in [-0.2, -0.15) is 0 Å². The topological polar surface area (TPSA) is 96.5 Å². The minimum atomic E-state index is -1.28. The minimum Gasteiger partial charge on any atom is -0.496 e. The predicted molar refractivity (Wildman–Crippen MR) is 108 cm³/mol. The molecule has 148 valence electrons. The lowest BCUT2D eigenvalue weighted by molar-refractivity contribution is -0.138. The first-order chi connectivity index (χ1) is 13.2. The molecule has 0 saturated carbocycles. The van der Waals surface area contributed by atoms with Gasteiger partial charge in [0.2, 0.25) is 17.7 Å². The van der Waals surface area contributed by atoms with E-state index in [4.69, 9.17) is 4.74 Å². The van der Waals surface area contributed by atoms with Crippen LogP contribution in [-0.4, -0.2) is 24.8 Å². The molecule has 0 aliphatic rings. The van der Waals surface area contributed by atoms with Crippen molar-refractivity contribution < 1.29 is 19.1 Å². The summed E-state index contributed by atoms with van der Waals surface area (Å²) >= 11 is 0. The highest BCUT2D eigenvalue weighted by Gasteiger charge is 2.36. The van der Waals surface area contributed by atoms with Crippen LogP contribution in [0, 0.1) is 5.41 Å². The van der Waals surface area contributed by atoms with E-state index in [2.05, 4.69) is 16.0 Å². The Morgan fingerprint density at radius 3 is 2.04 bits per heavy atom. The molecule has 2 rings (SSSR count). The average molecular weight is 383 g/mol. The summed E-state index contributed by atoms with van der Waals surface area (Å²) < 4.78 is 5.27. The third kappa shape index (κ3) is 5.33. The molecule has 3 N–H and O–H groups in total. The minimum absolute atomic E-state index is 0.176. The number of carbonyl (C=O) groups excluding carboxylic acids is 3. The zero-order valence-corrected chi connectivity index (χ0v) is 16.5. The van der Waals surface area contributed by atoms with Crippen LogP contribution < -0.4 is 20.7 Å².